The lowest BCUT2D eigenvalue weighted by atomic mass is 10.3. The maximum Gasteiger partial charge on any atom is 0.209 e. The number of aryl methyl sites for hydroxylation is 1. The number of nitrogens with zero attached hydrogens (tertiary/aromatic N) is 4. The number of aromatic nitrogens is 3. The van der Waals surface area contributed by atoms with Crippen molar-refractivity contribution in [1.82, 2.24) is 19.7 Å². The average Bonchev–Trinajstić information content (AvgIpc) is 2.89. The molecule has 1 aliphatic rings. The zero-order chi connectivity index (χ0) is 15.4. The lowest BCUT2D eigenvalue weighted by Crippen LogP contribution is -2.37. The van der Waals surface area contributed by atoms with Crippen LogP contribution in [0.15, 0.2) is 29.4 Å². The van der Waals surface area contributed by atoms with Crippen molar-refractivity contribution in [2.24, 2.45) is 0 Å². The number of halogens is 1. The number of rotatable bonds is 5. The van der Waals surface area contributed by atoms with Crippen LogP contribution in [0.4, 0.5) is 0 Å². The summed E-state index contributed by atoms with van der Waals surface area (Å²) >= 11 is 7.73. The molecule has 22 heavy (non-hydrogen) atoms. The molecule has 0 spiro atoms. The third kappa shape index (κ3) is 4.01. The van der Waals surface area contributed by atoms with Crippen LogP contribution in [0.5, 0.6) is 0 Å². The number of benzene rings is 1. The van der Waals surface area contributed by atoms with Gasteiger partial charge in [-0.2, -0.15) is 0 Å². The summed E-state index contributed by atoms with van der Waals surface area (Å²) in [5, 5.41) is 6.08. The van der Waals surface area contributed by atoms with E-state index in [0.29, 0.717) is 5.02 Å². The maximum atomic E-state index is 6.04. The molecule has 0 amide bonds. The zero-order valence-corrected chi connectivity index (χ0v) is 14.1. The second-order valence-corrected chi connectivity index (χ2v) is 6.63. The molecule has 0 radical (unpaired) electrons. The molecule has 0 N–H and O–H groups in total. The highest BCUT2D eigenvalue weighted by molar-refractivity contribution is 7.99. The summed E-state index contributed by atoms with van der Waals surface area (Å²) in [4.78, 5) is 6.94. The van der Waals surface area contributed by atoms with E-state index in [4.69, 9.17) is 16.3 Å². The first kappa shape index (κ1) is 15.8. The highest BCUT2D eigenvalue weighted by atomic mass is 35.5. The van der Waals surface area contributed by atoms with Crippen LogP contribution in [0.2, 0.25) is 5.02 Å². The largest absolute Gasteiger partial charge is 0.379 e. The van der Waals surface area contributed by atoms with Gasteiger partial charge in [-0.05, 0) is 25.1 Å². The van der Waals surface area contributed by atoms with Crippen molar-refractivity contribution >= 4 is 23.4 Å². The molecule has 1 aromatic heterocycles. The molecule has 0 atom stereocenters. The highest BCUT2D eigenvalue weighted by Crippen LogP contribution is 2.19. The van der Waals surface area contributed by atoms with E-state index in [-0.39, 0.29) is 0 Å². The Morgan fingerprint density at radius 2 is 2.14 bits per heavy atom. The Kier molecular flexibility index (Phi) is 5.36. The van der Waals surface area contributed by atoms with Crippen LogP contribution >= 0.6 is 23.4 Å². The average molecular weight is 339 g/mol. The van der Waals surface area contributed by atoms with Gasteiger partial charge in [0.15, 0.2) is 0 Å². The fraction of sp³-hybridized carbons (Fsp3) is 0.467. The quantitative estimate of drug-likeness (QED) is 0.784. The van der Waals surface area contributed by atoms with Gasteiger partial charge in [0.05, 0.1) is 18.9 Å². The third-order valence-corrected chi connectivity index (χ3v) is 4.60. The van der Waals surface area contributed by atoms with Gasteiger partial charge in [-0.1, -0.05) is 29.4 Å². The van der Waals surface area contributed by atoms with Crippen molar-refractivity contribution in [3.05, 3.63) is 35.1 Å². The van der Waals surface area contributed by atoms with Gasteiger partial charge in [-0.25, -0.2) is 9.67 Å². The SMILES string of the molecule is Cc1nc(SCCN2CCOCC2)nn1-c1cccc(Cl)c1. The standard InChI is InChI=1S/C15H19ClN4OS/c1-12-17-15(22-10-7-19-5-8-21-9-6-19)18-20(12)14-4-2-3-13(16)11-14/h2-4,11H,5-10H2,1H3. The van der Waals surface area contributed by atoms with Crippen LogP contribution in [0, 0.1) is 6.92 Å². The van der Waals surface area contributed by atoms with E-state index in [1.807, 2.05) is 35.9 Å². The van der Waals surface area contributed by atoms with Gasteiger partial charge in [0.2, 0.25) is 5.16 Å². The van der Waals surface area contributed by atoms with Gasteiger partial charge in [-0.3, -0.25) is 4.90 Å². The topological polar surface area (TPSA) is 43.2 Å². The Labute approximate surface area is 139 Å². The van der Waals surface area contributed by atoms with Crippen LogP contribution in [0.25, 0.3) is 5.69 Å². The van der Waals surface area contributed by atoms with E-state index in [1.165, 1.54) is 0 Å². The summed E-state index contributed by atoms with van der Waals surface area (Å²) in [5.74, 6) is 1.86. The molecule has 2 heterocycles. The molecule has 7 heteroatoms. The van der Waals surface area contributed by atoms with Crippen molar-refractivity contribution in [1.29, 1.82) is 0 Å². The van der Waals surface area contributed by atoms with Crippen molar-refractivity contribution < 1.29 is 4.74 Å². The smallest absolute Gasteiger partial charge is 0.209 e. The molecule has 2 aromatic rings. The highest BCUT2D eigenvalue weighted by Gasteiger charge is 2.12. The fourth-order valence-electron chi connectivity index (χ4n) is 2.37. The molecule has 1 aromatic carbocycles. The number of hydrogen-bond acceptors (Lipinski definition) is 5. The molecule has 0 bridgehead atoms. The minimum absolute atomic E-state index is 0.703. The number of ether oxygens (including phenoxy) is 1. The predicted octanol–water partition coefficient (Wildman–Crippen LogP) is 2.65. The molecule has 1 fully saturated rings. The van der Waals surface area contributed by atoms with E-state index < -0.39 is 0 Å². The van der Waals surface area contributed by atoms with Crippen LogP contribution < -0.4 is 0 Å². The van der Waals surface area contributed by atoms with Crippen molar-refractivity contribution in [3.63, 3.8) is 0 Å². The van der Waals surface area contributed by atoms with Crippen molar-refractivity contribution in [2.45, 2.75) is 12.1 Å². The van der Waals surface area contributed by atoms with E-state index >= 15 is 0 Å². The summed E-state index contributed by atoms with van der Waals surface area (Å²) in [5.41, 5.74) is 0.942. The molecule has 0 unspecified atom stereocenters. The third-order valence-electron chi connectivity index (χ3n) is 3.54. The molecule has 1 aliphatic heterocycles. The summed E-state index contributed by atoms with van der Waals surface area (Å²) in [7, 11) is 0. The second kappa shape index (κ2) is 7.46. The van der Waals surface area contributed by atoms with Gasteiger partial charge in [-0.15, -0.1) is 5.10 Å². The molecule has 1 saturated heterocycles. The Balaban J connectivity index is 1.60. The van der Waals surface area contributed by atoms with E-state index in [2.05, 4.69) is 15.0 Å². The predicted molar refractivity (Wildman–Crippen MR) is 89.1 cm³/mol. The van der Waals surface area contributed by atoms with Gasteiger partial charge < -0.3 is 4.74 Å². The number of hydrogen-bond donors (Lipinski definition) is 0. The minimum Gasteiger partial charge on any atom is -0.379 e. The Hall–Kier alpha value is -1.08. The lowest BCUT2D eigenvalue weighted by Gasteiger charge is -2.25. The summed E-state index contributed by atoms with van der Waals surface area (Å²) < 4.78 is 7.19. The van der Waals surface area contributed by atoms with Crippen LogP contribution in [-0.4, -0.2) is 58.3 Å². The van der Waals surface area contributed by atoms with E-state index in [9.17, 15) is 0 Å². The van der Waals surface area contributed by atoms with Crippen LogP contribution in [0.1, 0.15) is 5.82 Å². The Bertz CT molecular complexity index is 628. The van der Waals surface area contributed by atoms with Crippen molar-refractivity contribution in [2.75, 3.05) is 38.6 Å². The zero-order valence-electron chi connectivity index (χ0n) is 12.5. The monoisotopic (exact) mass is 338 g/mol. The van der Waals surface area contributed by atoms with Gasteiger partial charge >= 0.3 is 0 Å². The first-order valence-electron chi connectivity index (χ1n) is 7.35. The van der Waals surface area contributed by atoms with Gasteiger partial charge in [0, 0.05) is 30.4 Å². The second-order valence-electron chi connectivity index (χ2n) is 5.14. The van der Waals surface area contributed by atoms with Crippen LogP contribution in [-0.2, 0) is 4.74 Å². The first-order chi connectivity index (χ1) is 10.7. The summed E-state index contributed by atoms with van der Waals surface area (Å²) in [6, 6.07) is 7.65. The lowest BCUT2D eigenvalue weighted by molar-refractivity contribution is 0.0410. The maximum absolute atomic E-state index is 6.04. The Morgan fingerprint density at radius 3 is 2.91 bits per heavy atom. The fourth-order valence-corrected chi connectivity index (χ4v) is 3.42. The molecular formula is C15H19ClN4OS. The molecule has 0 saturated carbocycles. The van der Waals surface area contributed by atoms with Gasteiger partial charge in [0.25, 0.3) is 0 Å². The van der Waals surface area contributed by atoms with Crippen molar-refractivity contribution in [3.8, 4) is 5.69 Å². The first-order valence-corrected chi connectivity index (χ1v) is 8.71. The Morgan fingerprint density at radius 1 is 1.32 bits per heavy atom. The molecular weight excluding hydrogens is 320 g/mol. The number of morpholine rings is 1. The van der Waals surface area contributed by atoms with Crippen LogP contribution in [0.3, 0.4) is 0 Å². The molecule has 118 valence electrons. The minimum atomic E-state index is 0.703. The normalized spacial score (nSPS) is 16.1. The van der Waals surface area contributed by atoms with E-state index in [1.54, 1.807) is 11.8 Å². The summed E-state index contributed by atoms with van der Waals surface area (Å²) in [6.07, 6.45) is 0. The number of thioether (sulfide) groups is 1. The van der Waals surface area contributed by atoms with Gasteiger partial charge in [0.1, 0.15) is 5.82 Å². The van der Waals surface area contributed by atoms with E-state index in [0.717, 1.165) is 55.3 Å². The molecule has 3 rings (SSSR count). The molecule has 0 aliphatic carbocycles. The summed E-state index contributed by atoms with van der Waals surface area (Å²) in [6.45, 7) is 6.71. The molecule has 5 nitrogen and oxygen atoms in total.